The molecule has 4 amide bonds. The van der Waals surface area contributed by atoms with Gasteiger partial charge in [-0.3, -0.25) is 9.59 Å². The molecular weight excluding hydrogens is 384 g/mol. The predicted octanol–water partition coefficient (Wildman–Crippen LogP) is 0.889. The summed E-state index contributed by atoms with van der Waals surface area (Å²) >= 11 is 6.11. The molecule has 0 bridgehead atoms. The Balaban J connectivity index is 1.67. The van der Waals surface area contributed by atoms with Crippen LogP contribution in [0.3, 0.4) is 0 Å². The van der Waals surface area contributed by atoms with E-state index >= 15 is 0 Å². The Morgan fingerprint density at radius 2 is 1.71 bits per heavy atom. The van der Waals surface area contributed by atoms with E-state index in [1.807, 2.05) is 18.2 Å². The first-order valence-electron chi connectivity index (χ1n) is 9.31. The van der Waals surface area contributed by atoms with E-state index < -0.39 is 0 Å². The highest BCUT2D eigenvalue weighted by Gasteiger charge is 2.24. The number of halogens is 1. The minimum Gasteiger partial charge on any atom is -0.383 e. The molecule has 2 rings (SSSR count). The van der Waals surface area contributed by atoms with Gasteiger partial charge < -0.3 is 25.2 Å². The lowest BCUT2D eigenvalue weighted by molar-refractivity contribution is -0.131. The summed E-state index contributed by atoms with van der Waals surface area (Å²) in [5.74, 6) is -0.131. The van der Waals surface area contributed by atoms with Gasteiger partial charge in [-0.2, -0.15) is 0 Å². The number of hydrogen-bond donors (Lipinski definition) is 2. The Morgan fingerprint density at radius 3 is 2.39 bits per heavy atom. The molecule has 1 heterocycles. The van der Waals surface area contributed by atoms with Crippen LogP contribution in [-0.4, -0.2) is 80.6 Å². The average molecular weight is 411 g/mol. The lowest BCUT2D eigenvalue weighted by atomic mass is 10.1. The van der Waals surface area contributed by atoms with E-state index in [9.17, 15) is 14.4 Å². The van der Waals surface area contributed by atoms with Crippen molar-refractivity contribution in [1.82, 2.24) is 20.4 Å². The molecule has 1 fully saturated rings. The zero-order valence-corrected chi connectivity index (χ0v) is 16.8. The summed E-state index contributed by atoms with van der Waals surface area (Å²) in [6.45, 7) is 3.05. The van der Waals surface area contributed by atoms with Gasteiger partial charge in [0.2, 0.25) is 11.8 Å². The van der Waals surface area contributed by atoms with E-state index in [2.05, 4.69) is 10.6 Å². The van der Waals surface area contributed by atoms with E-state index in [1.54, 1.807) is 23.0 Å². The van der Waals surface area contributed by atoms with Crippen molar-refractivity contribution in [3.05, 3.63) is 34.9 Å². The average Bonchev–Trinajstić information content (AvgIpc) is 2.70. The lowest BCUT2D eigenvalue weighted by Gasteiger charge is -2.34. The third-order valence-electron chi connectivity index (χ3n) is 4.48. The highest BCUT2D eigenvalue weighted by molar-refractivity contribution is 6.31. The second kappa shape index (κ2) is 11.5. The maximum atomic E-state index is 12.4. The number of urea groups is 1. The summed E-state index contributed by atoms with van der Waals surface area (Å²) in [6.07, 6.45) is 0.468. The Morgan fingerprint density at radius 1 is 1.04 bits per heavy atom. The van der Waals surface area contributed by atoms with Gasteiger partial charge in [0.05, 0.1) is 13.0 Å². The number of nitrogens with one attached hydrogen (secondary N) is 2. The van der Waals surface area contributed by atoms with Crippen molar-refractivity contribution in [3.63, 3.8) is 0 Å². The van der Waals surface area contributed by atoms with E-state index in [1.165, 1.54) is 0 Å². The van der Waals surface area contributed by atoms with E-state index in [-0.39, 0.29) is 37.2 Å². The highest BCUT2D eigenvalue weighted by atomic mass is 35.5. The first kappa shape index (κ1) is 22.0. The van der Waals surface area contributed by atoms with Crippen molar-refractivity contribution in [2.75, 3.05) is 53.0 Å². The van der Waals surface area contributed by atoms with Gasteiger partial charge in [-0.25, -0.2) is 4.79 Å². The van der Waals surface area contributed by atoms with Crippen molar-refractivity contribution in [1.29, 1.82) is 0 Å². The zero-order valence-electron chi connectivity index (χ0n) is 16.1. The number of nitrogens with zero attached hydrogens (tertiary/aromatic N) is 2. The molecule has 0 atom stereocenters. The fourth-order valence-electron chi connectivity index (χ4n) is 2.85. The molecule has 0 radical (unpaired) electrons. The smallest absolute Gasteiger partial charge is 0.317 e. The molecule has 9 heteroatoms. The molecule has 0 unspecified atom stereocenters. The van der Waals surface area contributed by atoms with Gasteiger partial charge in [-0.15, -0.1) is 0 Å². The molecule has 1 aliphatic heterocycles. The van der Waals surface area contributed by atoms with Crippen molar-refractivity contribution >= 4 is 29.4 Å². The number of piperazine rings is 1. The summed E-state index contributed by atoms with van der Waals surface area (Å²) in [7, 11) is 1.57. The largest absolute Gasteiger partial charge is 0.383 e. The molecule has 0 spiro atoms. The number of benzene rings is 1. The number of methoxy groups -OCH3 is 1. The molecule has 1 aromatic rings. The molecule has 154 valence electrons. The Bertz CT molecular complexity index is 678. The monoisotopic (exact) mass is 410 g/mol. The van der Waals surface area contributed by atoms with Gasteiger partial charge in [-0.05, 0) is 11.6 Å². The van der Waals surface area contributed by atoms with Crippen LogP contribution in [-0.2, 0) is 20.7 Å². The van der Waals surface area contributed by atoms with Gasteiger partial charge in [0.15, 0.2) is 0 Å². The Labute approximate surface area is 170 Å². The van der Waals surface area contributed by atoms with Crippen LogP contribution in [0.2, 0.25) is 5.02 Å². The summed E-state index contributed by atoms with van der Waals surface area (Å²) in [4.78, 5) is 39.6. The normalized spacial score (nSPS) is 13.9. The zero-order chi connectivity index (χ0) is 20.4. The van der Waals surface area contributed by atoms with Gasteiger partial charge in [-0.1, -0.05) is 29.8 Å². The van der Waals surface area contributed by atoms with Gasteiger partial charge in [0.25, 0.3) is 0 Å². The van der Waals surface area contributed by atoms with Crippen molar-refractivity contribution in [2.24, 2.45) is 0 Å². The van der Waals surface area contributed by atoms with Crippen LogP contribution in [0, 0.1) is 0 Å². The molecule has 1 aromatic carbocycles. The van der Waals surface area contributed by atoms with Crippen molar-refractivity contribution in [3.8, 4) is 0 Å². The number of ether oxygens (including phenoxy) is 1. The lowest BCUT2D eigenvalue weighted by Crippen LogP contribution is -2.53. The number of rotatable bonds is 8. The number of hydrogen-bond acceptors (Lipinski definition) is 4. The number of carbonyl (C=O) groups is 3. The summed E-state index contributed by atoms with van der Waals surface area (Å²) < 4.78 is 4.85. The minimum absolute atomic E-state index is 0.000822. The summed E-state index contributed by atoms with van der Waals surface area (Å²) in [6, 6.07) is 7.08. The van der Waals surface area contributed by atoms with Gasteiger partial charge >= 0.3 is 6.03 Å². The third kappa shape index (κ3) is 7.01. The number of amides is 4. The molecular formula is C19H27ClN4O4. The number of carbonyl (C=O) groups excluding carboxylic acids is 3. The van der Waals surface area contributed by atoms with Crippen LogP contribution < -0.4 is 10.6 Å². The Hall–Kier alpha value is -2.32. The van der Waals surface area contributed by atoms with Gasteiger partial charge in [0, 0.05) is 57.8 Å². The minimum atomic E-state index is -0.220. The molecule has 1 saturated heterocycles. The molecule has 0 saturated carbocycles. The molecule has 0 aromatic heterocycles. The first-order valence-corrected chi connectivity index (χ1v) is 9.68. The predicted molar refractivity (Wildman–Crippen MR) is 106 cm³/mol. The standard InChI is InChI=1S/C19H27ClN4O4/c1-28-13-8-21-17(25)6-7-22-19(27)24-11-9-23(10-12-24)18(26)14-15-4-2-3-5-16(15)20/h2-5H,6-14H2,1H3,(H,21,25)(H,22,27). The SMILES string of the molecule is COCCNC(=O)CCNC(=O)N1CCN(C(=O)Cc2ccccc2Cl)CC1. The van der Waals surface area contributed by atoms with Crippen LogP contribution in [0.4, 0.5) is 4.79 Å². The van der Waals surface area contributed by atoms with Crippen LogP contribution in [0.25, 0.3) is 0 Å². The van der Waals surface area contributed by atoms with Crippen LogP contribution >= 0.6 is 11.6 Å². The molecule has 28 heavy (non-hydrogen) atoms. The summed E-state index contributed by atoms with van der Waals surface area (Å²) in [5.41, 5.74) is 0.804. The Kier molecular flexibility index (Phi) is 9.03. The second-order valence-corrected chi connectivity index (χ2v) is 6.87. The molecule has 0 aliphatic carbocycles. The van der Waals surface area contributed by atoms with E-state index in [0.29, 0.717) is 44.4 Å². The fraction of sp³-hybridized carbons (Fsp3) is 0.526. The second-order valence-electron chi connectivity index (χ2n) is 6.46. The fourth-order valence-corrected chi connectivity index (χ4v) is 3.05. The van der Waals surface area contributed by atoms with Crippen molar-refractivity contribution < 1.29 is 19.1 Å². The first-order chi connectivity index (χ1) is 13.5. The van der Waals surface area contributed by atoms with Crippen LogP contribution in [0.15, 0.2) is 24.3 Å². The molecule has 2 N–H and O–H groups in total. The highest BCUT2D eigenvalue weighted by Crippen LogP contribution is 2.16. The molecule has 1 aliphatic rings. The summed E-state index contributed by atoms with van der Waals surface area (Å²) in [5, 5.41) is 6.02. The molecule has 8 nitrogen and oxygen atoms in total. The maximum absolute atomic E-state index is 12.4. The van der Waals surface area contributed by atoms with Crippen LogP contribution in [0.5, 0.6) is 0 Å². The van der Waals surface area contributed by atoms with Gasteiger partial charge in [0.1, 0.15) is 0 Å². The van der Waals surface area contributed by atoms with E-state index in [0.717, 1.165) is 5.56 Å². The third-order valence-corrected chi connectivity index (χ3v) is 4.84. The topological polar surface area (TPSA) is 91.0 Å². The maximum Gasteiger partial charge on any atom is 0.317 e. The van der Waals surface area contributed by atoms with Crippen molar-refractivity contribution in [2.45, 2.75) is 12.8 Å². The van der Waals surface area contributed by atoms with Crippen LogP contribution in [0.1, 0.15) is 12.0 Å². The quantitative estimate of drug-likeness (QED) is 0.623. The van der Waals surface area contributed by atoms with E-state index in [4.69, 9.17) is 16.3 Å².